The van der Waals surface area contributed by atoms with Gasteiger partial charge in [0.25, 0.3) is 0 Å². The quantitative estimate of drug-likeness (QED) is 0.517. The Labute approximate surface area is 84.3 Å². The highest BCUT2D eigenvalue weighted by atomic mass is 28.1. The zero-order chi connectivity index (χ0) is 9.73. The minimum Gasteiger partial charge on any atom is -0.378 e. The van der Waals surface area contributed by atoms with E-state index in [0.717, 1.165) is 29.0 Å². The summed E-state index contributed by atoms with van der Waals surface area (Å²) >= 11 is 0. The molecule has 0 aliphatic heterocycles. The maximum absolute atomic E-state index is 10.0. The average molecular weight is 196 g/mol. The van der Waals surface area contributed by atoms with Crippen LogP contribution in [-0.2, 0) is 0 Å². The van der Waals surface area contributed by atoms with Gasteiger partial charge in [0.15, 0.2) is 0 Å². The first kappa shape index (κ1) is 10.8. The van der Waals surface area contributed by atoms with E-state index in [9.17, 15) is 5.11 Å². The van der Waals surface area contributed by atoms with Crippen LogP contribution in [0.5, 0.6) is 0 Å². The molecule has 1 fully saturated rings. The Morgan fingerprint density at radius 3 is 2.54 bits per heavy atom. The van der Waals surface area contributed by atoms with Gasteiger partial charge < -0.3 is 5.11 Å². The summed E-state index contributed by atoms with van der Waals surface area (Å²) in [5.74, 6) is 3.84. The lowest BCUT2D eigenvalue weighted by Gasteiger charge is -2.32. The van der Waals surface area contributed by atoms with Crippen molar-refractivity contribution in [1.29, 1.82) is 0 Å². The maximum atomic E-state index is 10.0. The van der Waals surface area contributed by atoms with Gasteiger partial charge in [0.05, 0.1) is 10.2 Å². The lowest BCUT2D eigenvalue weighted by molar-refractivity contribution is 0.0428. The maximum Gasteiger partial charge on any atom is 0.124 e. The largest absolute Gasteiger partial charge is 0.378 e. The molecule has 0 saturated heterocycles. The predicted molar refractivity (Wildman–Crippen MR) is 59.5 cm³/mol. The van der Waals surface area contributed by atoms with E-state index < -0.39 is 5.60 Å². The van der Waals surface area contributed by atoms with E-state index in [4.69, 9.17) is 0 Å². The van der Waals surface area contributed by atoms with E-state index in [0.29, 0.717) is 0 Å². The van der Waals surface area contributed by atoms with Gasteiger partial charge in [-0.1, -0.05) is 25.7 Å². The second kappa shape index (κ2) is 4.83. The van der Waals surface area contributed by atoms with Crippen LogP contribution in [0, 0.1) is 17.4 Å². The molecule has 0 unspecified atom stereocenters. The summed E-state index contributed by atoms with van der Waals surface area (Å²) < 4.78 is 0. The standard InChI is InChI=1S/C11H20OSi/c1-2-3-10-4-6-11(12,7-5-10)8-9-13/h10,12H,2-7H2,1,13H3. The molecular weight excluding hydrogens is 176 g/mol. The molecule has 0 spiro atoms. The van der Waals surface area contributed by atoms with Crippen molar-refractivity contribution in [2.45, 2.75) is 51.0 Å². The Kier molecular flexibility index (Phi) is 4.02. The van der Waals surface area contributed by atoms with Crippen LogP contribution in [-0.4, -0.2) is 21.0 Å². The van der Waals surface area contributed by atoms with Crippen molar-refractivity contribution < 1.29 is 5.11 Å². The first-order valence-corrected chi connectivity index (χ1v) is 6.36. The van der Waals surface area contributed by atoms with Crippen molar-refractivity contribution in [3.63, 3.8) is 0 Å². The minimum atomic E-state index is -0.619. The Bertz CT molecular complexity index is 206. The average Bonchev–Trinajstić information content (AvgIpc) is 2.10. The zero-order valence-electron chi connectivity index (χ0n) is 8.77. The first-order valence-electron chi connectivity index (χ1n) is 5.36. The monoisotopic (exact) mass is 196 g/mol. The van der Waals surface area contributed by atoms with Crippen molar-refractivity contribution >= 4 is 10.2 Å². The van der Waals surface area contributed by atoms with E-state index in [-0.39, 0.29) is 0 Å². The third-order valence-corrected chi connectivity index (χ3v) is 3.24. The molecule has 0 amide bonds. The van der Waals surface area contributed by atoms with Gasteiger partial charge in [-0.3, -0.25) is 0 Å². The van der Waals surface area contributed by atoms with E-state index >= 15 is 0 Å². The number of hydrogen-bond acceptors (Lipinski definition) is 1. The highest BCUT2D eigenvalue weighted by Gasteiger charge is 2.30. The fraction of sp³-hybridized carbons (Fsp3) is 0.818. The Balaban J connectivity index is 2.40. The molecule has 1 nitrogen and oxygen atoms in total. The summed E-state index contributed by atoms with van der Waals surface area (Å²) in [6.07, 6.45) is 6.72. The lowest BCUT2D eigenvalue weighted by Crippen LogP contribution is -2.32. The molecule has 1 aliphatic carbocycles. The SMILES string of the molecule is CCCC1CCC(O)(C#C[SiH3])CC1. The molecule has 1 N–H and O–H groups in total. The molecule has 1 aliphatic rings. The summed E-state index contributed by atoms with van der Waals surface area (Å²) in [5, 5.41) is 10.0. The molecule has 13 heavy (non-hydrogen) atoms. The van der Waals surface area contributed by atoms with E-state index in [1.54, 1.807) is 0 Å². The van der Waals surface area contributed by atoms with Gasteiger partial charge in [-0.05, 0) is 31.6 Å². The summed E-state index contributed by atoms with van der Waals surface area (Å²) in [6, 6.07) is 0. The van der Waals surface area contributed by atoms with Gasteiger partial charge in [-0.25, -0.2) is 0 Å². The van der Waals surface area contributed by atoms with Crippen LogP contribution in [0.4, 0.5) is 0 Å². The third kappa shape index (κ3) is 3.17. The van der Waals surface area contributed by atoms with Gasteiger partial charge in [-0.15, -0.1) is 5.54 Å². The number of hydrogen-bond donors (Lipinski definition) is 1. The lowest BCUT2D eigenvalue weighted by atomic mass is 9.78. The van der Waals surface area contributed by atoms with Gasteiger partial charge >= 0.3 is 0 Å². The molecule has 0 atom stereocenters. The molecule has 1 rings (SSSR count). The van der Waals surface area contributed by atoms with Gasteiger partial charge in [0.2, 0.25) is 0 Å². The van der Waals surface area contributed by atoms with Crippen LogP contribution in [0.1, 0.15) is 45.4 Å². The van der Waals surface area contributed by atoms with Crippen LogP contribution in [0.15, 0.2) is 0 Å². The normalized spacial score (nSPS) is 33.8. The second-order valence-corrected chi connectivity index (χ2v) is 4.64. The summed E-state index contributed by atoms with van der Waals surface area (Å²) in [7, 11) is 0.881. The van der Waals surface area contributed by atoms with E-state index in [1.807, 2.05) is 0 Å². The van der Waals surface area contributed by atoms with Crippen molar-refractivity contribution in [3.8, 4) is 11.5 Å². The van der Waals surface area contributed by atoms with Gasteiger partial charge in [0.1, 0.15) is 5.60 Å². The van der Waals surface area contributed by atoms with Crippen molar-refractivity contribution in [2.75, 3.05) is 0 Å². The fourth-order valence-electron chi connectivity index (χ4n) is 2.21. The molecule has 0 aromatic rings. The molecule has 0 heterocycles. The molecule has 0 radical (unpaired) electrons. The van der Waals surface area contributed by atoms with Gasteiger partial charge in [0, 0.05) is 0 Å². The highest BCUT2D eigenvalue weighted by molar-refractivity contribution is 6.22. The second-order valence-electron chi connectivity index (χ2n) is 4.14. The van der Waals surface area contributed by atoms with Crippen LogP contribution in [0.3, 0.4) is 0 Å². The minimum absolute atomic E-state index is 0.619. The van der Waals surface area contributed by atoms with E-state index in [1.165, 1.54) is 25.7 Å². The van der Waals surface area contributed by atoms with Crippen molar-refractivity contribution in [3.05, 3.63) is 0 Å². The van der Waals surface area contributed by atoms with Crippen LogP contribution in [0.25, 0.3) is 0 Å². The van der Waals surface area contributed by atoms with Crippen molar-refractivity contribution in [1.82, 2.24) is 0 Å². The topological polar surface area (TPSA) is 20.2 Å². The molecule has 0 bridgehead atoms. The van der Waals surface area contributed by atoms with Crippen molar-refractivity contribution in [2.24, 2.45) is 5.92 Å². The molecule has 0 aromatic heterocycles. The molecule has 1 saturated carbocycles. The van der Waals surface area contributed by atoms with Gasteiger partial charge in [-0.2, -0.15) is 0 Å². The number of rotatable bonds is 2. The third-order valence-electron chi connectivity index (χ3n) is 2.99. The van der Waals surface area contributed by atoms with Crippen LogP contribution >= 0.6 is 0 Å². The zero-order valence-corrected chi connectivity index (χ0v) is 10.8. The predicted octanol–water partition coefficient (Wildman–Crippen LogP) is 1.03. The molecule has 74 valence electrons. The van der Waals surface area contributed by atoms with E-state index in [2.05, 4.69) is 18.4 Å². The summed E-state index contributed by atoms with van der Waals surface area (Å²) in [6.45, 7) is 2.23. The van der Waals surface area contributed by atoms with Crippen LogP contribution in [0.2, 0.25) is 0 Å². The molecule has 2 heteroatoms. The summed E-state index contributed by atoms with van der Waals surface area (Å²) in [4.78, 5) is 0. The highest BCUT2D eigenvalue weighted by Crippen LogP contribution is 2.33. The summed E-state index contributed by atoms with van der Waals surface area (Å²) in [5.41, 5.74) is 2.34. The van der Waals surface area contributed by atoms with Crippen LogP contribution < -0.4 is 0 Å². The fourth-order valence-corrected chi connectivity index (χ4v) is 2.68. The number of aliphatic hydroxyl groups is 1. The smallest absolute Gasteiger partial charge is 0.124 e. The molecular formula is C11H20OSi. The molecule has 0 aromatic carbocycles. The Hall–Kier alpha value is -0.263. The first-order chi connectivity index (χ1) is 6.20. The Morgan fingerprint density at radius 1 is 1.46 bits per heavy atom. The Morgan fingerprint density at radius 2 is 2.08 bits per heavy atom.